The van der Waals surface area contributed by atoms with E-state index in [1.165, 1.54) is 18.7 Å². The van der Waals surface area contributed by atoms with Gasteiger partial charge in [-0.15, -0.1) is 10.2 Å². The van der Waals surface area contributed by atoms with Crippen molar-refractivity contribution >= 4 is 28.3 Å². The molecule has 0 saturated carbocycles. The van der Waals surface area contributed by atoms with Gasteiger partial charge in [0.25, 0.3) is 0 Å². The minimum absolute atomic E-state index is 0.149. The van der Waals surface area contributed by atoms with Crippen LogP contribution in [-0.4, -0.2) is 22.3 Å². The normalized spacial score (nSPS) is 12.2. The Morgan fingerprint density at radius 1 is 0.939 bits per heavy atom. The number of anilines is 1. The fourth-order valence-corrected chi connectivity index (χ4v) is 3.48. The summed E-state index contributed by atoms with van der Waals surface area (Å²) in [4.78, 5) is 0.382. The lowest BCUT2D eigenvalue weighted by Gasteiger charge is -2.07. The molecular formula is C25H30N4O3S. The van der Waals surface area contributed by atoms with Gasteiger partial charge >= 0.3 is 0 Å². The van der Waals surface area contributed by atoms with Crippen LogP contribution in [0, 0.1) is 20.8 Å². The number of hydrogen-bond acceptors (Lipinski definition) is 6. The molecule has 0 bridgehead atoms. The Morgan fingerprint density at radius 3 is 2.27 bits per heavy atom. The quantitative estimate of drug-likeness (QED) is 0.186. The van der Waals surface area contributed by atoms with Crippen molar-refractivity contribution in [2.75, 3.05) is 12.5 Å². The number of aromatic hydroxyl groups is 1. The summed E-state index contributed by atoms with van der Waals surface area (Å²) in [5.74, 6) is 0.199. The molecule has 8 heteroatoms. The highest BCUT2D eigenvalue weighted by molar-refractivity contribution is 7.80. The third-order valence-corrected chi connectivity index (χ3v) is 5.79. The maximum absolute atomic E-state index is 11.9. The Labute approximate surface area is 197 Å². The van der Waals surface area contributed by atoms with Crippen LogP contribution in [0.25, 0.3) is 0 Å². The maximum Gasteiger partial charge on any atom is 0.201 e. The van der Waals surface area contributed by atoms with Crippen molar-refractivity contribution < 1.29 is 13.5 Å². The van der Waals surface area contributed by atoms with E-state index in [4.69, 9.17) is 4.18 Å². The Balaban J connectivity index is 0.00000187. The highest BCUT2D eigenvalue weighted by Gasteiger charge is 2.12. The SMILES string of the molecule is CC.COS(=O)c1cc(O)c(N=N/C(=N\Nc2ccc(C)c(C)c2)c2ccccc2)cc1C. The fraction of sp³-hybridized carbons (Fsp3) is 0.240. The van der Waals surface area contributed by atoms with Crippen molar-refractivity contribution in [1.29, 1.82) is 0 Å². The zero-order valence-electron chi connectivity index (χ0n) is 19.8. The zero-order chi connectivity index (χ0) is 24.4. The predicted octanol–water partition coefficient (Wildman–Crippen LogP) is 6.57. The van der Waals surface area contributed by atoms with E-state index in [2.05, 4.69) is 20.8 Å². The van der Waals surface area contributed by atoms with Crippen molar-refractivity contribution in [3.8, 4) is 5.75 Å². The van der Waals surface area contributed by atoms with Gasteiger partial charge in [-0.25, -0.2) is 4.21 Å². The largest absolute Gasteiger partial charge is 0.506 e. The number of nitrogens with zero attached hydrogens (tertiary/aromatic N) is 3. The standard InChI is InChI=1S/C23H24N4O3S.C2H6/c1-15-10-11-19(12-16(15)2)24-26-23(18-8-6-5-7-9-18)27-25-20-13-17(3)22(14-21(20)28)31(29)30-4;1-2/h5-14,24,28H,1-4H3;1-2H3/b26-23-,27-25?;. The van der Waals surface area contributed by atoms with Crippen molar-refractivity contribution in [2.45, 2.75) is 39.5 Å². The molecule has 2 N–H and O–H groups in total. The molecular weight excluding hydrogens is 436 g/mol. The smallest absolute Gasteiger partial charge is 0.201 e. The van der Waals surface area contributed by atoms with Crippen LogP contribution in [0.2, 0.25) is 0 Å². The first-order chi connectivity index (χ1) is 15.9. The number of rotatable bonds is 6. The van der Waals surface area contributed by atoms with Crippen LogP contribution >= 0.6 is 0 Å². The van der Waals surface area contributed by atoms with Gasteiger partial charge < -0.3 is 5.11 Å². The molecule has 3 rings (SSSR count). The molecule has 0 spiro atoms. The van der Waals surface area contributed by atoms with Crippen molar-refractivity contribution in [3.63, 3.8) is 0 Å². The molecule has 0 aromatic heterocycles. The maximum atomic E-state index is 11.9. The minimum Gasteiger partial charge on any atom is -0.506 e. The number of azo groups is 1. The summed E-state index contributed by atoms with van der Waals surface area (Å²) in [5, 5.41) is 23.2. The Bertz CT molecular complexity index is 1160. The summed E-state index contributed by atoms with van der Waals surface area (Å²) in [6.45, 7) is 9.85. The summed E-state index contributed by atoms with van der Waals surface area (Å²) in [5.41, 5.74) is 7.86. The Hall–Kier alpha value is -3.36. The molecule has 1 atom stereocenters. The van der Waals surface area contributed by atoms with E-state index < -0.39 is 11.1 Å². The molecule has 7 nitrogen and oxygen atoms in total. The number of benzene rings is 3. The van der Waals surface area contributed by atoms with E-state index in [9.17, 15) is 9.32 Å². The van der Waals surface area contributed by atoms with Crippen LogP contribution in [0.3, 0.4) is 0 Å². The number of amidine groups is 1. The van der Waals surface area contributed by atoms with Gasteiger partial charge in [-0.3, -0.25) is 9.61 Å². The van der Waals surface area contributed by atoms with Gasteiger partial charge in [0, 0.05) is 11.6 Å². The molecule has 0 heterocycles. The summed E-state index contributed by atoms with van der Waals surface area (Å²) >= 11 is -1.66. The average Bonchev–Trinajstić information content (AvgIpc) is 2.84. The summed E-state index contributed by atoms with van der Waals surface area (Å²) in [6, 6.07) is 18.3. The molecule has 3 aromatic carbocycles. The first-order valence-electron chi connectivity index (χ1n) is 10.6. The minimum atomic E-state index is -1.66. The number of phenolic OH excluding ortho intramolecular Hbond substituents is 1. The summed E-state index contributed by atoms with van der Waals surface area (Å²) in [6.07, 6.45) is 0. The zero-order valence-corrected chi connectivity index (χ0v) is 20.6. The second-order valence-corrected chi connectivity index (χ2v) is 8.16. The van der Waals surface area contributed by atoms with Crippen LogP contribution in [0.5, 0.6) is 5.75 Å². The predicted molar refractivity (Wildman–Crippen MR) is 135 cm³/mol. The number of aryl methyl sites for hydroxylation is 3. The lowest BCUT2D eigenvalue weighted by molar-refractivity contribution is 0.443. The van der Waals surface area contributed by atoms with Gasteiger partial charge in [-0.2, -0.15) is 5.10 Å². The molecule has 33 heavy (non-hydrogen) atoms. The van der Waals surface area contributed by atoms with Crippen molar-refractivity contribution in [2.24, 2.45) is 15.3 Å². The topological polar surface area (TPSA) is 95.6 Å². The molecule has 0 amide bonds. The molecule has 3 aromatic rings. The highest BCUT2D eigenvalue weighted by atomic mass is 32.2. The molecule has 174 valence electrons. The third kappa shape index (κ3) is 7.06. The molecule has 0 saturated heterocycles. The lowest BCUT2D eigenvalue weighted by atomic mass is 10.1. The number of hydrogen-bond donors (Lipinski definition) is 2. The second-order valence-electron chi connectivity index (χ2n) is 6.92. The van der Waals surface area contributed by atoms with Crippen LogP contribution in [0.1, 0.15) is 36.1 Å². The van der Waals surface area contributed by atoms with Crippen LogP contribution < -0.4 is 5.43 Å². The number of phenols is 1. The first kappa shape index (κ1) is 25.9. The van der Waals surface area contributed by atoms with Gasteiger partial charge in [0.05, 0.1) is 17.7 Å². The van der Waals surface area contributed by atoms with Crippen LogP contribution in [-0.2, 0) is 15.3 Å². The van der Waals surface area contributed by atoms with Gasteiger partial charge in [0.1, 0.15) is 11.4 Å². The highest BCUT2D eigenvalue weighted by Crippen LogP contribution is 2.32. The van der Waals surface area contributed by atoms with E-state index in [0.717, 1.165) is 16.8 Å². The first-order valence-corrected chi connectivity index (χ1v) is 11.6. The van der Waals surface area contributed by atoms with E-state index in [1.54, 1.807) is 13.0 Å². The molecule has 0 radical (unpaired) electrons. The third-order valence-electron chi connectivity index (χ3n) is 4.69. The van der Waals surface area contributed by atoms with Gasteiger partial charge in [-0.1, -0.05) is 50.2 Å². The number of nitrogens with one attached hydrogen (secondary N) is 1. The van der Waals surface area contributed by atoms with Crippen LogP contribution in [0.15, 0.2) is 80.9 Å². The van der Waals surface area contributed by atoms with E-state index in [0.29, 0.717) is 16.3 Å². The van der Waals surface area contributed by atoms with E-state index >= 15 is 0 Å². The molecule has 0 aliphatic carbocycles. The second kappa shape index (κ2) is 12.6. The molecule has 0 aliphatic heterocycles. The van der Waals surface area contributed by atoms with E-state index in [-0.39, 0.29) is 11.4 Å². The molecule has 1 unspecified atom stereocenters. The van der Waals surface area contributed by atoms with Gasteiger partial charge in [-0.05, 0) is 55.7 Å². The molecule has 0 aliphatic rings. The Morgan fingerprint density at radius 2 is 1.64 bits per heavy atom. The summed E-state index contributed by atoms with van der Waals surface area (Å²) in [7, 11) is 1.34. The number of hydrazone groups is 1. The Kier molecular flexibility index (Phi) is 9.90. The fourth-order valence-electron chi connectivity index (χ4n) is 2.77. The molecule has 0 fully saturated rings. The summed E-state index contributed by atoms with van der Waals surface area (Å²) < 4.78 is 16.7. The monoisotopic (exact) mass is 466 g/mol. The van der Waals surface area contributed by atoms with Crippen molar-refractivity contribution in [3.05, 3.63) is 82.9 Å². The van der Waals surface area contributed by atoms with Crippen molar-refractivity contribution in [1.82, 2.24) is 0 Å². The van der Waals surface area contributed by atoms with E-state index in [1.807, 2.05) is 76.2 Å². The lowest BCUT2D eigenvalue weighted by Crippen LogP contribution is -2.01. The van der Waals surface area contributed by atoms with Crippen LogP contribution in [0.4, 0.5) is 11.4 Å². The average molecular weight is 467 g/mol. The van der Waals surface area contributed by atoms with Gasteiger partial charge in [0.15, 0.2) is 11.1 Å². The van der Waals surface area contributed by atoms with Gasteiger partial charge in [0.2, 0.25) is 5.84 Å².